The summed E-state index contributed by atoms with van der Waals surface area (Å²) in [7, 11) is -9.92. The van der Waals surface area contributed by atoms with E-state index in [0.29, 0.717) is 25.7 Å². The maximum atomic E-state index is 13.1. The second-order valence-corrected chi connectivity index (χ2v) is 33.6. The number of phosphoric acid groups is 2. The molecule has 0 aromatic heterocycles. The molecule has 0 fully saturated rings. The molecule has 0 aliphatic heterocycles. The molecule has 3 N–H and O–H groups in total. The summed E-state index contributed by atoms with van der Waals surface area (Å²) in [6.45, 7) is 7.34. The molecule has 19 heteroatoms. The Morgan fingerprint density at radius 3 is 0.660 bits per heavy atom. The molecule has 0 spiro atoms. The van der Waals surface area contributed by atoms with E-state index < -0.39 is 97.5 Å². The lowest BCUT2D eigenvalue weighted by Crippen LogP contribution is -2.30. The van der Waals surface area contributed by atoms with Crippen molar-refractivity contribution < 1.29 is 80.2 Å². The molecule has 612 valence electrons. The van der Waals surface area contributed by atoms with Gasteiger partial charge in [0.05, 0.1) is 26.4 Å². The predicted molar refractivity (Wildman–Crippen MR) is 423 cm³/mol. The highest BCUT2D eigenvalue weighted by atomic mass is 31.2. The zero-order chi connectivity index (χ0) is 75.5. The summed E-state index contributed by atoms with van der Waals surface area (Å²) in [6, 6.07) is 0. The molecule has 0 bridgehead atoms. The minimum Gasteiger partial charge on any atom is -0.462 e. The minimum atomic E-state index is -4.96. The molecular formula is C84H164O17P2. The van der Waals surface area contributed by atoms with Crippen LogP contribution in [0, 0.1) is 5.92 Å². The first-order chi connectivity index (χ1) is 50.0. The largest absolute Gasteiger partial charge is 0.472 e. The second-order valence-electron chi connectivity index (χ2n) is 30.7. The number of aliphatic hydroxyl groups is 1. The van der Waals surface area contributed by atoms with Gasteiger partial charge >= 0.3 is 39.5 Å². The molecule has 0 heterocycles. The second kappa shape index (κ2) is 76.8. The van der Waals surface area contributed by atoms with Crippen molar-refractivity contribution in [2.24, 2.45) is 5.92 Å². The molecule has 103 heavy (non-hydrogen) atoms. The third-order valence-corrected chi connectivity index (χ3v) is 21.7. The Bertz CT molecular complexity index is 1960. The average molecular weight is 1510 g/mol. The van der Waals surface area contributed by atoms with E-state index in [4.69, 9.17) is 37.0 Å². The van der Waals surface area contributed by atoms with Crippen molar-refractivity contribution >= 4 is 39.5 Å². The summed E-state index contributed by atoms with van der Waals surface area (Å²) in [4.78, 5) is 73.1. The monoisotopic (exact) mass is 1510 g/mol. The van der Waals surface area contributed by atoms with E-state index in [1.165, 1.54) is 276 Å². The highest BCUT2D eigenvalue weighted by molar-refractivity contribution is 7.47. The SMILES string of the molecule is CCCCCCCCCCCCCCCCCCCCCCCC(=O)O[C@H](COC(=O)CCCCCCCCCCCCCCCCCCC)COP(=O)(O)OC[C@@H](O)COP(=O)(O)OC[C@@H](COC(=O)CCCCCCCCCCCCCC)OC(=O)CCCCCCCCCCCCC(C)C. The molecule has 0 aliphatic carbocycles. The van der Waals surface area contributed by atoms with Crippen LogP contribution in [0.25, 0.3) is 0 Å². The van der Waals surface area contributed by atoms with E-state index in [1.807, 2.05) is 0 Å². The van der Waals surface area contributed by atoms with Crippen LogP contribution in [0.5, 0.6) is 0 Å². The molecule has 17 nitrogen and oxygen atoms in total. The third kappa shape index (κ3) is 78.0. The van der Waals surface area contributed by atoms with Gasteiger partial charge in [-0.2, -0.15) is 0 Å². The van der Waals surface area contributed by atoms with Gasteiger partial charge in [0, 0.05) is 25.7 Å². The number of aliphatic hydroxyl groups excluding tert-OH is 1. The number of carbonyl (C=O) groups excluding carboxylic acids is 4. The van der Waals surface area contributed by atoms with Gasteiger partial charge in [-0.05, 0) is 31.6 Å². The van der Waals surface area contributed by atoms with Gasteiger partial charge in [-0.25, -0.2) is 9.13 Å². The van der Waals surface area contributed by atoms with E-state index in [-0.39, 0.29) is 25.7 Å². The number of carbonyl (C=O) groups is 4. The normalized spacial score (nSPS) is 13.8. The van der Waals surface area contributed by atoms with Gasteiger partial charge in [-0.1, -0.05) is 401 Å². The molecule has 0 aromatic rings. The lowest BCUT2D eigenvalue weighted by molar-refractivity contribution is -0.161. The van der Waals surface area contributed by atoms with Crippen LogP contribution in [0.2, 0.25) is 0 Å². The van der Waals surface area contributed by atoms with Gasteiger partial charge in [0.2, 0.25) is 0 Å². The van der Waals surface area contributed by atoms with Crippen molar-refractivity contribution in [3.05, 3.63) is 0 Å². The first-order valence-electron chi connectivity index (χ1n) is 43.6. The van der Waals surface area contributed by atoms with Crippen LogP contribution < -0.4 is 0 Å². The van der Waals surface area contributed by atoms with Gasteiger partial charge in [-0.3, -0.25) is 37.3 Å². The smallest absolute Gasteiger partial charge is 0.462 e. The fraction of sp³-hybridized carbons (Fsp3) is 0.952. The maximum absolute atomic E-state index is 13.1. The van der Waals surface area contributed by atoms with Crippen molar-refractivity contribution in [2.45, 2.75) is 470 Å². The first kappa shape index (κ1) is 101. The summed E-state index contributed by atoms with van der Waals surface area (Å²) in [6.07, 6.45) is 69.4. The van der Waals surface area contributed by atoms with Crippen LogP contribution in [0.3, 0.4) is 0 Å². The van der Waals surface area contributed by atoms with Crippen LogP contribution in [-0.2, 0) is 65.4 Å². The number of unbranched alkanes of at least 4 members (excludes halogenated alkanes) is 56. The quantitative estimate of drug-likeness (QED) is 0.0222. The Hall–Kier alpha value is -1.94. The molecule has 5 atom stereocenters. The highest BCUT2D eigenvalue weighted by Gasteiger charge is 2.30. The number of hydrogen-bond donors (Lipinski definition) is 3. The topological polar surface area (TPSA) is 237 Å². The summed E-state index contributed by atoms with van der Waals surface area (Å²) in [5.41, 5.74) is 0. The van der Waals surface area contributed by atoms with Crippen LogP contribution in [0.15, 0.2) is 0 Å². The highest BCUT2D eigenvalue weighted by Crippen LogP contribution is 2.45. The third-order valence-electron chi connectivity index (χ3n) is 19.8. The fourth-order valence-corrected chi connectivity index (χ4v) is 14.7. The molecule has 0 amide bonds. The predicted octanol–water partition coefficient (Wildman–Crippen LogP) is 25.6. The van der Waals surface area contributed by atoms with Gasteiger partial charge in [0.25, 0.3) is 0 Å². The van der Waals surface area contributed by atoms with Crippen molar-refractivity contribution in [2.75, 3.05) is 39.6 Å². The zero-order valence-electron chi connectivity index (χ0n) is 67.5. The fourth-order valence-electron chi connectivity index (χ4n) is 13.1. The van der Waals surface area contributed by atoms with Crippen molar-refractivity contribution in [3.8, 4) is 0 Å². The Morgan fingerprint density at radius 1 is 0.262 bits per heavy atom. The van der Waals surface area contributed by atoms with Crippen LogP contribution in [0.1, 0.15) is 452 Å². The van der Waals surface area contributed by atoms with Crippen LogP contribution in [0.4, 0.5) is 0 Å². The summed E-state index contributed by atoms with van der Waals surface area (Å²) in [5, 5.41) is 10.7. The van der Waals surface area contributed by atoms with Crippen molar-refractivity contribution in [1.82, 2.24) is 0 Å². The van der Waals surface area contributed by atoms with E-state index in [0.717, 1.165) is 95.8 Å². The van der Waals surface area contributed by atoms with Gasteiger partial charge in [-0.15, -0.1) is 0 Å². The standard InChI is InChI=1S/C84H164O17P2/c1-6-9-12-15-18-21-24-27-29-31-32-33-34-36-38-40-43-49-54-59-64-69-83(88)100-79(73-95-82(87)68-63-58-53-48-42-39-37-35-30-28-25-22-19-16-13-10-7-2)75-98-102(90,91)96-71-78(85)72-97-103(92,93)99-76-80(74-94-81(86)67-62-57-52-47-41-26-23-20-17-14-11-8-3)101-84(89)70-65-60-55-50-45-44-46-51-56-61-66-77(4)5/h77-80,85H,6-76H2,1-5H3,(H,90,91)(H,92,93)/t78-,79-,80-/m1/s1. The molecule has 0 radical (unpaired) electrons. The molecule has 0 aliphatic rings. The Morgan fingerprint density at radius 2 is 0.447 bits per heavy atom. The lowest BCUT2D eigenvalue weighted by atomic mass is 10.0. The summed E-state index contributed by atoms with van der Waals surface area (Å²) in [5.74, 6) is -1.35. The molecular weight excluding hydrogens is 1340 g/mol. The number of ether oxygens (including phenoxy) is 4. The Kier molecular flexibility index (Phi) is 75.4. The van der Waals surface area contributed by atoms with Crippen LogP contribution >= 0.6 is 15.6 Å². The van der Waals surface area contributed by atoms with Gasteiger partial charge in [0.1, 0.15) is 19.3 Å². The van der Waals surface area contributed by atoms with E-state index >= 15 is 0 Å². The summed E-state index contributed by atoms with van der Waals surface area (Å²) >= 11 is 0. The molecule has 0 saturated carbocycles. The average Bonchev–Trinajstić information content (AvgIpc) is 0.925. The lowest BCUT2D eigenvalue weighted by Gasteiger charge is -2.21. The van der Waals surface area contributed by atoms with Crippen molar-refractivity contribution in [3.63, 3.8) is 0 Å². The van der Waals surface area contributed by atoms with E-state index in [2.05, 4.69) is 34.6 Å². The molecule has 0 rings (SSSR count). The first-order valence-corrected chi connectivity index (χ1v) is 46.6. The molecule has 2 unspecified atom stereocenters. The zero-order valence-corrected chi connectivity index (χ0v) is 69.3. The van der Waals surface area contributed by atoms with E-state index in [1.54, 1.807) is 0 Å². The van der Waals surface area contributed by atoms with Crippen molar-refractivity contribution in [1.29, 1.82) is 0 Å². The van der Waals surface area contributed by atoms with Gasteiger partial charge in [0.15, 0.2) is 12.2 Å². The molecule has 0 aromatic carbocycles. The number of phosphoric ester groups is 2. The van der Waals surface area contributed by atoms with Crippen LogP contribution in [-0.4, -0.2) is 96.7 Å². The number of hydrogen-bond acceptors (Lipinski definition) is 15. The Labute approximate surface area is 632 Å². The maximum Gasteiger partial charge on any atom is 0.472 e. The molecule has 0 saturated heterocycles. The van der Waals surface area contributed by atoms with E-state index in [9.17, 15) is 43.2 Å². The number of rotatable bonds is 84. The Balaban J connectivity index is 5.23. The minimum absolute atomic E-state index is 0.107. The number of esters is 4. The summed E-state index contributed by atoms with van der Waals surface area (Å²) < 4.78 is 68.8. The van der Waals surface area contributed by atoms with Gasteiger partial charge < -0.3 is 33.8 Å².